The van der Waals surface area contributed by atoms with E-state index in [-0.39, 0.29) is 36.3 Å². The molecule has 1 fully saturated rings. The quantitative estimate of drug-likeness (QED) is 0.225. The Bertz CT molecular complexity index is 1820. The van der Waals surface area contributed by atoms with Gasteiger partial charge in [-0.25, -0.2) is 4.98 Å². The highest BCUT2D eigenvalue weighted by atomic mass is 32.1. The van der Waals surface area contributed by atoms with Crippen LogP contribution in [0.3, 0.4) is 0 Å². The highest BCUT2D eigenvalue weighted by molar-refractivity contribution is 7.14. The molecule has 4 aromatic rings. The summed E-state index contributed by atoms with van der Waals surface area (Å²) in [4.78, 5) is 50.3. The number of thiophene rings is 1. The SMILES string of the molecule is Cc1c(NC(=O)c2cc3c(s2)CCCC3)cccc1-c1cn(C)c(=O)c(Nc2ccc(C(C(=O)N(C)CCO)N3CCOCC3)cc2)n1. The summed E-state index contributed by atoms with van der Waals surface area (Å²) < 4.78 is 7.00. The van der Waals surface area contributed by atoms with Gasteiger partial charge in [0.05, 0.1) is 30.4 Å². The van der Waals surface area contributed by atoms with Gasteiger partial charge < -0.3 is 29.9 Å². The van der Waals surface area contributed by atoms with Crippen LogP contribution in [-0.4, -0.2) is 82.8 Å². The predicted molar refractivity (Wildman–Crippen MR) is 188 cm³/mol. The number of anilines is 3. The fourth-order valence-corrected chi connectivity index (χ4v) is 7.50. The van der Waals surface area contributed by atoms with E-state index in [9.17, 15) is 19.5 Å². The Balaban J connectivity index is 1.23. The summed E-state index contributed by atoms with van der Waals surface area (Å²) in [6, 6.07) is 14.6. The van der Waals surface area contributed by atoms with Crippen LogP contribution >= 0.6 is 11.3 Å². The molecule has 3 N–H and O–H groups in total. The maximum Gasteiger partial charge on any atom is 0.293 e. The normalized spacial score (nSPS) is 15.4. The number of ether oxygens (including phenoxy) is 1. The van der Waals surface area contributed by atoms with Gasteiger partial charge in [0, 0.05) is 61.7 Å². The maximum absolute atomic E-state index is 13.4. The molecule has 11 nitrogen and oxygen atoms in total. The van der Waals surface area contributed by atoms with Crippen LogP contribution in [0.2, 0.25) is 0 Å². The average molecular weight is 671 g/mol. The number of carbonyl (C=O) groups is 2. The molecule has 1 saturated heterocycles. The van der Waals surface area contributed by atoms with Crippen molar-refractivity contribution >= 4 is 40.3 Å². The Hall–Kier alpha value is -4.36. The minimum atomic E-state index is -0.519. The first kappa shape index (κ1) is 33.5. The number of carbonyl (C=O) groups excluding carboxylic acids is 2. The van der Waals surface area contributed by atoms with Crippen molar-refractivity contribution in [3.05, 3.63) is 91.5 Å². The third-order valence-corrected chi connectivity index (χ3v) is 10.3. The van der Waals surface area contributed by atoms with Crippen molar-refractivity contribution in [1.29, 1.82) is 0 Å². The summed E-state index contributed by atoms with van der Waals surface area (Å²) in [5, 5.41) is 15.7. The van der Waals surface area contributed by atoms with Gasteiger partial charge in [0.2, 0.25) is 5.91 Å². The largest absolute Gasteiger partial charge is 0.395 e. The number of nitrogens with zero attached hydrogens (tertiary/aromatic N) is 4. The molecular weight excluding hydrogens is 628 g/mol. The highest BCUT2D eigenvalue weighted by Gasteiger charge is 2.31. The lowest BCUT2D eigenvalue weighted by atomic mass is 9.99. The van der Waals surface area contributed by atoms with Crippen LogP contribution in [0.25, 0.3) is 11.3 Å². The van der Waals surface area contributed by atoms with Crippen molar-refractivity contribution in [3.8, 4) is 11.3 Å². The molecule has 2 aromatic carbocycles. The van der Waals surface area contributed by atoms with Gasteiger partial charge in [-0.1, -0.05) is 24.3 Å². The van der Waals surface area contributed by atoms with E-state index in [0.29, 0.717) is 43.4 Å². The number of benzene rings is 2. The first-order valence-corrected chi connectivity index (χ1v) is 17.2. The van der Waals surface area contributed by atoms with Crippen molar-refractivity contribution in [2.45, 2.75) is 38.6 Å². The van der Waals surface area contributed by atoms with Gasteiger partial charge in [-0.2, -0.15) is 0 Å². The van der Waals surface area contributed by atoms with Gasteiger partial charge in [0.25, 0.3) is 11.5 Å². The smallest absolute Gasteiger partial charge is 0.293 e. The predicted octanol–water partition coefficient (Wildman–Crippen LogP) is 4.52. The molecule has 252 valence electrons. The third-order valence-electron chi connectivity index (χ3n) is 9.09. The molecule has 0 radical (unpaired) electrons. The second-order valence-electron chi connectivity index (χ2n) is 12.4. The number of likely N-dealkylation sites (N-methyl/N-ethyl adjacent to an activating group) is 1. The number of hydrogen-bond donors (Lipinski definition) is 3. The van der Waals surface area contributed by atoms with Gasteiger partial charge in [-0.3, -0.25) is 19.3 Å². The molecule has 1 aliphatic carbocycles. The first-order valence-electron chi connectivity index (χ1n) is 16.4. The fourth-order valence-electron chi connectivity index (χ4n) is 6.35. The van der Waals surface area contributed by atoms with E-state index in [1.54, 1.807) is 36.5 Å². The van der Waals surface area contributed by atoms with Crippen molar-refractivity contribution in [2.24, 2.45) is 7.05 Å². The molecule has 1 aliphatic heterocycles. The summed E-state index contributed by atoms with van der Waals surface area (Å²) in [7, 11) is 3.38. The molecule has 0 saturated carbocycles. The van der Waals surface area contributed by atoms with E-state index in [1.165, 1.54) is 27.8 Å². The van der Waals surface area contributed by atoms with Crippen molar-refractivity contribution in [2.75, 3.05) is 57.1 Å². The molecule has 2 aromatic heterocycles. The standard InChI is InChI=1S/C36H42N6O5S/c1-23-27(8-6-9-28(23)39-34(44)31-21-25-7-4-5-10-30(25)48-31)29-22-41(3)36(46)33(38-29)37-26-13-11-24(12-14-26)32(35(45)40(2)15-18-43)42-16-19-47-20-17-42/h6,8-9,11-14,21-22,32,43H,4-5,7,10,15-20H2,1-3H3,(H,37,38)(H,39,44). The van der Waals surface area contributed by atoms with Gasteiger partial charge in [-0.15, -0.1) is 11.3 Å². The highest BCUT2D eigenvalue weighted by Crippen LogP contribution is 2.32. The zero-order chi connectivity index (χ0) is 33.8. The number of fused-ring (bicyclic) bond motifs is 1. The van der Waals surface area contributed by atoms with Crippen LogP contribution in [0.4, 0.5) is 17.2 Å². The summed E-state index contributed by atoms with van der Waals surface area (Å²) in [5.74, 6) is -0.0612. The number of rotatable bonds is 10. The number of morpholine rings is 1. The number of amides is 2. The Morgan fingerprint density at radius 2 is 1.85 bits per heavy atom. The van der Waals surface area contributed by atoms with Crippen LogP contribution in [0.15, 0.2) is 59.5 Å². The molecular formula is C36H42N6O5S. The number of aliphatic hydroxyl groups is 1. The van der Waals surface area contributed by atoms with Gasteiger partial charge >= 0.3 is 0 Å². The second-order valence-corrected chi connectivity index (χ2v) is 13.5. The van der Waals surface area contributed by atoms with Crippen LogP contribution in [-0.2, 0) is 29.4 Å². The third kappa shape index (κ3) is 7.21. The molecule has 0 bridgehead atoms. The Morgan fingerprint density at radius 1 is 1.10 bits per heavy atom. The van der Waals surface area contributed by atoms with E-state index >= 15 is 0 Å². The summed E-state index contributed by atoms with van der Waals surface area (Å²) in [5.41, 5.74) is 5.38. The number of aliphatic hydroxyl groups excluding tert-OH is 1. The van der Waals surface area contributed by atoms with Gasteiger partial charge in [0.15, 0.2) is 5.82 Å². The minimum Gasteiger partial charge on any atom is -0.395 e. The lowest BCUT2D eigenvalue weighted by Gasteiger charge is -2.35. The van der Waals surface area contributed by atoms with E-state index in [2.05, 4.69) is 15.5 Å². The molecule has 0 spiro atoms. The molecule has 2 aliphatic rings. The number of aromatic nitrogens is 2. The molecule has 1 atom stereocenters. The topological polar surface area (TPSA) is 129 Å². The maximum atomic E-state index is 13.4. The Morgan fingerprint density at radius 3 is 2.58 bits per heavy atom. The fraction of sp³-hybridized carbons (Fsp3) is 0.389. The van der Waals surface area contributed by atoms with Crippen molar-refractivity contribution < 1.29 is 19.4 Å². The lowest BCUT2D eigenvalue weighted by Crippen LogP contribution is -2.46. The van der Waals surface area contributed by atoms with Crippen LogP contribution < -0.4 is 16.2 Å². The number of aryl methyl sites for hydroxylation is 3. The lowest BCUT2D eigenvalue weighted by molar-refractivity contribution is -0.138. The minimum absolute atomic E-state index is 0.0989. The van der Waals surface area contributed by atoms with Gasteiger partial charge in [0.1, 0.15) is 6.04 Å². The molecule has 48 heavy (non-hydrogen) atoms. The summed E-state index contributed by atoms with van der Waals surface area (Å²) >= 11 is 1.58. The monoisotopic (exact) mass is 670 g/mol. The summed E-state index contributed by atoms with van der Waals surface area (Å²) in [6.07, 6.45) is 6.10. The average Bonchev–Trinajstić information content (AvgIpc) is 3.54. The molecule has 1 unspecified atom stereocenters. The van der Waals surface area contributed by atoms with Crippen LogP contribution in [0.5, 0.6) is 0 Å². The second kappa shape index (κ2) is 14.8. The number of hydrogen-bond acceptors (Lipinski definition) is 9. The Labute approximate surface area is 284 Å². The van der Waals surface area contributed by atoms with Crippen molar-refractivity contribution in [3.63, 3.8) is 0 Å². The van der Waals surface area contributed by atoms with Crippen LogP contribution in [0.1, 0.15) is 50.1 Å². The molecule has 12 heteroatoms. The Kier molecular flexibility index (Phi) is 10.4. The molecule has 6 rings (SSSR count). The van der Waals surface area contributed by atoms with E-state index in [4.69, 9.17) is 9.72 Å². The molecule has 2 amide bonds. The zero-order valence-electron chi connectivity index (χ0n) is 27.6. The van der Waals surface area contributed by atoms with Crippen molar-refractivity contribution in [1.82, 2.24) is 19.4 Å². The zero-order valence-corrected chi connectivity index (χ0v) is 28.4. The van der Waals surface area contributed by atoms with E-state index in [0.717, 1.165) is 34.4 Å². The first-order chi connectivity index (χ1) is 23.2. The van der Waals surface area contributed by atoms with Gasteiger partial charge in [-0.05, 0) is 73.6 Å². The number of nitrogens with one attached hydrogen (secondary N) is 2. The van der Waals surface area contributed by atoms with E-state index in [1.807, 2.05) is 55.5 Å². The summed E-state index contributed by atoms with van der Waals surface area (Å²) in [6.45, 7) is 4.40. The molecule has 3 heterocycles. The van der Waals surface area contributed by atoms with E-state index < -0.39 is 6.04 Å². The van der Waals surface area contributed by atoms with Crippen LogP contribution in [0, 0.1) is 6.92 Å².